The van der Waals surface area contributed by atoms with Crippen molar-refractivity contribution in [1.82, 2.24) is 4.90 Å². The van der Waals surface area contributed by atoms with Crippen LogP contribution in [0.2, 0.25) is 0 Å². The third-order valence-corrected chi connectivity index (χ3v) is 5.28. The van der Waals surface area contributed by atoms with Crippen molar-refractivity contribution in [2.75, 3.05) is 0 Å². The van der Waals surface area contributed by atoms with Gasteiger partial charge in [0.25, 0.3) is 0 Å². The molecule has 24 heavy (non-hydrogen) atoms. The Morgan fingerprint density at radius 3 is 2.62 bits per heavy atom. The minimum absolute atomic E-state index is 0.00888. The van der Waals surface area contributed by atoms with E-state index in [1.54, 1.807) is 30.5 Å². The molecule has 0 spiro atoms. The van der Waals surface area contributed by atoms with E-state index in [1.807, 2.05) is 4.90 Å². The Morgan fingerprint density at radius 2 is 2.00 bits per heavy atom. The fourth-order valence-corrected chi connectivity index (χ4v) is 4.29. The van der Waals surface area contributed by atoms with E-state index in [0.29, 0.717) is 24.2 Å². The van der Waals surface area contributed by atoms with E-state index < -0.39 is 5.60 Å². The first-order valence-electron chi connectivity index (χ1n) is 8.37. The maximum atomic E-state index is 13.3. The monoisotopic (exact) mass is 329 g/mol. The number of amides is 1. The number of hydrogen-bond donors (Lipinski definition) is 1. The number of carbonyl (C=O) groups is 1. The number of nitrogens with zero attached hydrogens (tertiary/aromatic N) is 1. The standard InChI is InChI=1S/C19H20FNO3/c20-14-4-1-3-13(9-14)10-18(22)21-15-6-7-16(21)12-19(23,11-15)17-5-2-8-24-17/h1-5,8-9,15-16,23H,6-7,10-12H2/t15-,16-/m0/s1. The molecule has 2 fully saturated rings. The normalized spacial score (nSPS) is 29.0. The van der Waals surface area contributed by atoms with Crippen LogP contribution in [0, 0.1) is 5.82 Å². The summed E-state index contributed by atoms with van der Waals surface area (Å²) in [6.07, 6.45) is 4.53. The molecule has 1 amide bonds. The predicted octanol–water partition coefficient (Wildman–Crippen LogP) is 3.00. The molecule has 126 valence electrons. The van der Waals surface area contributed by atoms with E-state index in [9.17, 15) is 14.3 Å². The number of rotatable bonds is 3. The minimum atomic E-state index is -0.995. The number of aliphatic hydroxyl groups is 1. The molecule has 1 N–H and O–H groups in total. The maximum Gasteiger partial charge on any atom is 0.227 e. The molecule has 1 aromatic heterocycles. The van der Waals surface area contributed by atoms with Gasteiger partial charge in [-0.15, -0.1) is 0 Å². The zero-order valence-corrected chi connectivity index (χ0v) is 13.3. The van der Waals surface area contributed by atoms with Gasteiger partial charge >= 0.3 is 0 Å². The molecule has 2 aliphatic heterocycles. The molecule has 2 bridgehead atoms. The van der Waals surface area contributed by atoms with Gasteiger partial charge in [0.05, 0.1) is 12.7 Å². The zero-order chi connectivity index (χ0) is 16.7. The van der Waals surface area contributed by atoms with Crippen molar-refractivity contribution in [3.8, 4) is 0 Å². The molecule has 0 radical (unpaired) electrons. The van der Waals surface area contributed by atoms with Crippen molar-refractivity contribution in [2.24, 2.45) is 0 Å². The summed E-state index contributed by atoms with van der Waals surface area (Å²) in [5.41, 5.74) is -0.309. The van der Waals surface area contributed by atoms with Crippen LogP contribution in [0.3, 0.4) is 0 Å². The van der Waals surface area contributed by atoms with E-state index >= 15 is 0 Å². The summed E-state index contributed by atoms with van der Waals surface area (Å²) in [6.45, 7) is 0. The third-order valence-electron chi connectivity index (χ3n) is 5.28. The SMILES string of the molecule is O=C(Cc1cccc(F)c1)N1[C@H]2CC[C@H]1CC(O)(c1ccco1)C2. The van der Waals surface area contributed by atoms with E-state index in [-0.39, 0.29) is 30.2 Å². The average Bonchev–Trinajstić information content (AvgIpc) is 3.15. The van der Waals surface area contributed by atoms with Crippen LogP contribution in [-0.4, -0.2) is 28.0 Å². The van der Waals surface area contributed by atoms with E-state index in [2.05, 4.69) is 0 Å². The summed E-state index contributed by atoms with van der Waals surface area (Å²) in [7, 11) is 0. The Kier molecular flexibility index (Phi) is 3.68. The largest absolute Gasteiger partial charge is 0.466 e. The lowest BCUT2D eigenvalue weighted by atomic mass is 9.84. The summed E-state index contributed by atoms with van der Waals surface area (Å²) in [5.74, 6) is 0.264. The van der Waals surface area contributed by atoms with Crippen LogP contribution >= 0.6 is 0 Å². The highest BCUT2D eigenvalue weighted by Crippen LogP contribution is 2.46. The van der Waals surface area contributed by atoms with Crippen LogP contribution in [0.5, 0.6) is 0 Å². The number of hydrogen-bond acceptors (Lipinski definition) is 3. The Bertz CT molecular complexity index is 729. The Labute approximate surface area is 139 Å². The first kappa shape index (κ1) is 15.4. The van der Waals surface area contributed by atoms with Gasteiger partial charge in [0.1, 0.15) is 17.2 Å². The number of halogens is 1. The van der Waals surface area contributed by atoms with Gasteiger partial charge in [-0.05, 0) is 42.7 Å². The van der Waals surface area contributed by atoms with Crippen LogP contribution in [-0.2, 0) is 16.8 Å². The number of carbonyl (C=O) groups excluding carboxylic acids is 1. The van der Waals surface area contributed by atoms with Crippen LogP contribution < -0.4 is 0 Å². The fourth-order valence-electron chi connectivity index (χ4n) is 4.29. The first-order valence-corrected chi connectivity index (χ1v) is 8.37. The number of piperidine rings is 1. The summed E-state index contributed by atoms with van der Waals surface area (Å²) in [4.78, 5) is 14.6. The summed E-state index contributed by atoms with van der Waals surface area (Å²) in [5, 5.41) is 11.0. The van der Waals surface area contributed by atoms with Crippen LogP contribution in [0.4, 0.5) is 4.39 Å². The maximum absolute atomic E-state index is 13.3. The van der Waals surface area contributed by atoms with Crippen molar-refractivity contribution in [1.29, 1.82) is 0 Å². The number of furan rings is 1. The number of benzene rings is 1. The highest BCUT2D eigenvalue weighted by molar-refractivity contribution is 5.80. The molecule has 3 heterocycles. The van der Waals surface area contributed by atoms with Gasteiger partial charge in [0.2, 0.25) is 5.91 Å². The molecule has 0 aliphatic carbocycles. The molecule has 5 heteroatoms. The second-order valence-electron chi connectivity index (χ2n) is 6.91. The second-order valence-corrected chi connectivity index (χ2v) is 6.91. The van der Waals surface area contributed by atoms with Gasteiger partial charge in [0.15, 0.2) is 0 Å². The van der Waals surface area contributed by atoms with Crippen molar-refractivity contribution >= 4 is 5.91 Å². The van der Waals surface area contributed by atoms with Crippen LogP contribution in [0.1, 0.15) is 37.0 Å². The second kappa shape index (κ2) is 5.74. The summed E-state index contributed by atoms with van der Waals surface area (Å²) >= 11 is 0. The topological polar surface area (TPSA) is 53.7 Å². The van der Waals surface area contributed by atoms with Gasteiger partial charge in [-0.3, -0.25) is 4.79 Å². The Morgan fingerprint density at radius 1 is 1.25 bits per heavy atom. The highest BCUT2D eigenvalue weighted by Gasteiger charge is 2.51. The Hall–Kier alpha value is -2.14. The molecule has 2 atom stereocenters. The lowest BCUT2D eigenvalue weighted by molar-refractivity contribution is -0.142. The molecule has 4 nitrogen and oxygen atoms in total. The molecule has 2 saturated heterocycles. The Balaban J connectivity index is 1.51. The van der Waals surface area contributed by atoms with Crippen LogP contribution in [0.25, 0.3) is 0 Å². The molecular formula is C19H20FNO3. The highest BCUT2D eigenvalue weighted by atomic mass is 19.1. The predicted molar refractivity (Wildman–Crippen MR) is 85.6 cm³/mol. The van der Waals surface area contributed by atoms with Crippen molar-refractivity contribution < 1.29 is 18.7 Å². The minimum Gasteiger partial charge on any atom is -0.466 e. The van der Waals surface area contributed by atoms with E-state index in [0.717, 1.165) is 12.8 Å². The first-order chi connectivity index (χ1) is 11.5. The summed E-state index contributed by atoms with van der Waals surface area (Å²) < 4.78 is 18.7. The number of fused-ring (bicyclic) bond motifs is 2. The van der Waals surface area contributed by atoms with Gasteiger partial charge in [-0.1, -0.05) is 12.1 Å². The van der Waals surface area contributed by atoms with E-state index in [1.165, 1.54) is 12.1 Å². The van der Waals surface area contributed by atoms with Gasteiger partial charge in [0, 0.05) is 24.9 Å². The molecule has 1 aromatic carbocycles. The molecular weight excluding hydrogens is 309 g/mol. The lowest BCUT2D eigenvalue weighted by Crippen LogP contribution is -2.52. The van der Waals surface area contributed by atoms with Crippen molar-refractivity contribution in [3.63, 3.8) is 0 Å². The smallest absolute Gasteiger partial charge is 0.227 e. The van der Waals surface area contributed by atoms with Gasteiger partial charge in [-0.2, -0.15) is 0 Å². The van der Waals surface area contributed by atoms with Gasteiger partial charge in [-0.25, -0.2) is 4.39 Å². The van der Waals surface area contributed by atoms with Crippen molar-refractivity contribution in [3.05, 3.63) is 59.8 Å². The molecule has 2 aliphatic rings. The van der Waals surface area contributed by atoms with Gasteiger partial charge < -0.3 is 14.4 Å². The third kappa shape index (κ3) is 2.63. The van der Waals surface area contributed by atoms with E-state index in [4.69, 9.17) is 4.42 Å². The fraction of sp³-hybridized carbons (Fsp3) is 0.421. The quantitative estimate of drug-likeness (QED) is 0.942. The van der Waals surface area contributed by atoms with Crippen molar-refractivity contribution in [2.45, 2.75) is 49.8 Å². The summed E-state index contributed by atoms with van der Waals surface area (Å²) in [6, 6.07) is 9.77. The average molecular weight is 329 g/mol. The zero-order valence-electron chi connectivity index (χ0n) is 13.3. The lowest BCUT2D eigenvalue weighted by Gasteiger charge is -2.43. The molecule has 0 unspecified atom stereocenters. The molecule has 0 saturated carbocycles. The molecule has 4 rings (SSSR count). The van der Waals surface area contributed by atoms with Crippen LogP contribution in [0.15, 0.2) is 47.1 Å². The molecule has 2 aromatic rings.